The minimum Gasteiger partial charge on any atom is -0.462 e. The average Bonchev–Trinajstić information content (AvgIpc) is 2.77. The maximum absolute atomic E-state index is 11.8. The van der Waals surface area contributed by atoms with E-state index in [1.54, 1.807) is 6.92 Å². The van der Waals surface area contributed by atoms with Crippen molar-refractivity contribution in [3.8, 4) is 0 Å². The lowest BCUT2D eigenvalue weighted by Crippen LogP contribution is -2.29. The second kappa shape index (κ2) is 4.89. The largest absolute Gasteiger partial charge is 0.462 e. The van der Waals surface area contributed by atoms with Crippen LogP contribution in [0, 0.1) is 0 Å². The molecule has 1 aliphatic heterocycles. The van der Waals surface area contributed by atoms with E-state index >= 15 is 0 Å². The monoisotopic (exact) mass is 252 g/mol. The molecule has 98 valence electrons. The number of aromatic amines is 1. The fraction of sp³-hybridized carbons (Fsp3) is 0.583. The van der Waals surface area contributed by atoms with Crippen LogP contribution in [0.15, 0.2) is 11.0 Å². The van der Waals surface area contributed by atoms with Gasteiger partial charge < -0.3 is 14.5 Å². The van der Waals surface area contributed by atoms with Gasteiger partial charge in [-0.3, -0.25) is 4.79 Å². The van der Waals surface area contributed by atoms with Gasteiger partial charge in [0.2, 0.25) is 0 Å². The Hall–Kier alpha value is -1.69. The lowest BCUT2D eigenvalue weighted by Gasteiger charge is -2.21. The summed E-state index contributed by atoms with van der Waals surface area (Å²) in [5.74, 6) is -0.201. The van der Waals surface area contributed by atoms with Crippen molar-refractivity contribution >= 4 is 5.97 Å². The molecule has 1 fully saturated rings. The molecule has 18 heavy (non-hydrogen) atoms. The van der Waals surface area contributed by atoms with Crippen LogP contribution in [0.25, 0.3) is 0 Å². The number of hydrogen-bond acceptors (Lipinski definition) is 5. The van der Waals surface area contributed by atoms with Crippen molar-refractivity contribution in [1.82, 2.24) is 9.97 Å². The number of rotatable bonds is 3. The topological polar surface area (TPSA) is 81.3 Å². The molecule has 0 aromatic carbocycles. The number of H-pyrrole nitrogens is 1. The number of nitrogens with zero attached hydrogens (tertiary/aromatic N) is 1. The van der Waals surface area contributed by atoms with Gasteiger partial charge in [-0.1, -0.05) is 0 Å². The standard InChI is InChI=1S/C12H16N2O4/c1-3-17-10(16)8-7-13-11(14-9(8)15)12(2)5-4-6-18-12/h7H,3-6H2,1-2H3,(H,13,14,15). The quantitative estimate of drug-likeness (QED) is 0.811. The number of esters is 1. The van der Waals surface area contributed by atoms with Gasteiger partial charge in [-0.05, 0) is 26.7 Å². The fourth-order valence-electron chi connectivity index (χ4n) is 1.98. The number of nitrogens with one attached hydrogen (secondary N) is 1. The summed E-state index contributed by atoms with van der Waals surface area (Å²) in [6, 6.07) is 0. The van der Waals surface area contributed by atoms with E-state index in [1.807, 2.05) is 6.92 Å². The molecule has 2 rings (SSSR count). The van der Waals surface area contributed by atoms with E-state index in [1.165, 1.54) is 6.20 Å². The highest BCUT2D eigenvalue weighted by Crippen LogP contribution is 2.32. The summed E-state index contributed by atoms with van der Waals surface area (Å²) in [5, 5.41) is 0. The normalized spacial score (nSPS) is 23.0. The molecule has 0 radical (unpaired) electrons. The van der Waals surface area contributed by atoms with Crippen LogP contribution in [0.1, 0.15) is 42.9 Å². The number of aromatic nitrogens is 2. The van der Waals surface area contributed by atoms with Crippen LogP contribution in [0.4, 0.5) is 0 Å². The molecule has 0 saturated carbocycles. The third kappa shape index (κ3) is 2.28. The molecular weight excluding hydrogens is 236 g/mol. The van der Waals surface area contributed by atoms with E-state index in [0.29, 0.717) is 12.4 Å². The van der Waals surface area contributed by atoms with Gasteiger partial charge in [0, 0.05) is 12.8 Å². The first-order valence-electron chi connectivity index (χ1n) is 5.97. The Morgan fingerprint density at radius 1 is 1.67 bits per heavy atom. The molecule has 1 N–H and O–H groups in total. The fourth-order valence-corrected chi connectivity index (χ4v) is 1.98. The molecule has 1 unspecified atom stereocenters. The second-order valence-electron chi connectivity index (χ2n) is 4.38. The molecule has 6 nitrogen and oxygen atoms in total. The van der Waals surface area contributed by atoms with E-state index in [2.05, 4.69) is 9.97 Å². The summed E-state index contributed by atoms with van der Waals surface area (Å²) in [7, 11) is 0. The highest BCUT2D eigenvalue weighted by Gasteiger charge is 2.34. The smallest absolute Gasteiger partial charge is 0.345 e. The van der Waals surface area contributed by atoms with Crippen LogP contribution in [0.3, 0.4) is 0 Å². The van der Waals surface area contributed by atoms with Gasteiger partial charge in [0.25, 0.3) is 5.56 Å². The van der Waals surface area contributed by atoms with Crippen molar-refractivity contribution in [2.24, 2.45) is 0 Å². The van der Waals surface area contributed by atoms with Gasteiger partial charge in [0.05, 0.1) is 6.61 Å². The molecule has 2 heterocycles. The molecule has 0 aliphatic carbocycles. The summed E-state index contributed by atoms with van der Waals surface area (Å²) in [4.78, 5) is 30.0. The van der Waals surface area contributed by atoms with Crippen molar-refractivity contribution in [2.45, 2.75) is 32.3 Å². The maximum atomic E-state index is 11.8. The summed E-state index contributed by atoms with van der Waals surface area (Å²) in [6.45, 7) is 4.43. The van der Waals surface area contributed by atoms with Crippen LogP contribution >= 0.6 is 0 Å². The summed E-state index contributed by atoms with van der Waals surface area (Å²) >= 11 is 0. The van der Waals surface area contributed by atoms with Crippen molar-refractivity contribution in [3.63, 3.8) is 0 Å². The molecule has 6 heteroatoms. The third-order valence-corrected chi connectivity index (χ3v) is 3.01. The van der Waals surface area contributed by atoms with Crippen molar-refractivity contribution in [1.29, 1.82) is 0 Å². The van der Waals surface area contributed by atoms with Crippen LogP contribution < -0.4 is 5.56 Å². The predicted octanol–water partition coefficient (Wildman–Crippen LogP) is 0.972. The Bertz CT molecular complexity index is 503. The van der Waals surface area contributed by atoms with Gasteiger partial charge in [0.15, 0.2) is 0 Å². The van der Waals surface area contributed by atoms with E-state index in [0.717, 1.165) is 12.8 Å². The Morgan fingerprint density at radius 3 is 3.00 bits per heavy atom. The molecule has 0 bridgehead atoms. The molecular formula is C12H16N2O4. The van der Waals surface area contributed by atoms with Gasteiger partial charge in [-0.15, -0.1) is 0 Å². The third-order valence-electron chi connectivity index (χ3n) is 3.01. The lowest BCUT2D eigenvalue weighted by atomic mass is 10.0. The zero-order valence-electron chi connectivity index (χ0n) is 10.5. The van der Waals surface area contributed by atoms with Crippen LogP contribution in [-0.4, -0.2) is 29.2 Å². The van der Waals surface area contributed by atoms with Crippen molar-refractivity contribution < 1.29 is 14.3 Å². The van der Waals surface area contributed by atoms with E-state index in [4.69, 9.17) is 9.47 Å². The average molecular weight is 252 g/mol. The van der Waals surface area contributed by atoms with Crippen LogP contribution in [0.5, 0.6) is 0 Å². The van der Waals surface area contributed by atoms with Crippen LogP contribution in [0.2, 0.25) is 0 Å². The molecule has 0 amide bonds. The first-order valence-corrected chi connectivity index (χ1v) is 5.97. The molecule has 1 atom stereocenters. The first kappa shape index (κ1) is 12.8. The minimum atomic E-state index is -0.657. The molecule has 1 aromatic heterocycles. The van der Waals surface area contributed by atoms with Gasteiger partial charge in [-0.2, -0.15) is 0 Å². The molecule has 1 aliphatic rings. The van der Waals surface area contributed by atoms with Gasteiger partial charge >= 0.3 is 5.97 Å². The first-order chi connectivity index (χ1) is 8.57. The second-order valence-corrected chi connectivity index (χ2v) is 4.38. The number of carbonyl (C=O) groups excluding carboxylic acids is 1. The summed E-state index contributed by atoms with van der Waals surface area (Å²) in [6.07, 6.45) is 2.98. The SMILES string of the molecule is CCOC(=O)c1cnc(C2(C)CCCO2)[nH]c1=O. The minimum absolute atomic E-state index is 0.0813. The summed E-state index contributed by atoms with van der Waals surface area (Å²) in [5.41, 5.74) is -1.14. The van der Waals surface area contributed by atoms with E-state index in [9.17, 15) is 9.59 Å². The maximum Gasteiger partial charge on any atom is 0.345 e. The number of carbonyl (C=O) groups is 1. The van der Waals surface area contributed by atoms with E-state index < -0.39 is 17.1 Å². The Morgan fingerprint density at radius 2 is 2.44 bits per heavy atom. The van der Waals surface area contributed by atoms with Crippen LogP contribution in [-0.2, 0) is 15.1 Å². The van der Waals surface area contributed by atoms with E-state index in [-0.39, 0.29) is 12.2 Å². The number of ether oxygens (including phenoxy) is 2. The predicted molar refractivity (Wildman–Crippen MR) is 63.4 cm³/mol. The lowest BCUT2D eigenvalue weighted by molar-refractivity contribution is 0.00896. The molecule has 1 saturated heterocycles. The van der Waals surface area contributed by atoms with Crippen molar-refractivity contribution in [3.05, 3.63) is 27.9 Å². The highest BCUT2D eigenvalue weighted by molar-refractivity contribution is 5.88. The zero-order chi connectivity index (χ0) is 13.2. The Labute approximate surface area is 104 Å². The molecule has 1 aromatic rings. The highest BCUT2D eigenvalue weighted by atomic mass is 16.5. The Balaban J connectivity index is 2.30. The summed E-state index contributed by atoms with van der Waals surface area (Å²) < 4.78 is 10.3. The van der Waals surface area contributed by atoms with Gasteiger partial charge in [-0.25, -0.2) is 9.78 Å². The van der Waals surface area contributed by atoms with Gasteiger partial charge in [0.1, 0.15) is 17.0 Å². The number of hydrogen-bond donors (Lipinski definition) is 1. The Kier molecular flexibility index (Phi) is 3.47. The zero-order valence-corrected chi connectivity index (χ0v) is 10.5. The van der Waals surface area contributed by atoms with Crippen molar-refractivity contribution in [2.75, 3.05) is 13.2 Å². The molecule has 0 spiro atoms.